The van der Waals surface area contributed by atoms with Crippen LogP contribution in [0, 0.1) is 13.8 Å². The van der Waals surface area contributed by atoms with Gasteiger partial charge in [-0.05, 0) is 31.0 Å². The van der Waals surface area contributed by atoms with E-state index >= 15 is 0 Å². The van der Waals surface area contributed by atoms with Gasteiger partial charge in [0, 0.05) is 29.2 Å². The fourth-order valence-electron chi connectivity index (χ4n) is 1.95. The third-order valence-corrected chi connectivity index (χ3v) is 4.95. The fourth-order valence-corrected chi connectivity index (χ4v) is 3.24. The van der Waals surface area contributed by atoms with Crippen molar-refractivity contribution >= 4 is 27.3 Å². The van der Waals surface area contributed by atoms with Crippen LogP contribution in [0.25, 0.3) is 0 Å². The highest BCUT2D eigenvalue weighted by Gasteiger charge is 2.17. The molecule has 3 nitrogen and oxygen atoms in total. The molecule has 1 unspecified atom stereocenters. The number of methoxy groups -OCH3 is 1. The predicted molar refractivity (Wildman–Crippen MR) is 87.5 cm³/mol. The lowest BCUT2D eigenvalue weighted by Gasteiger charge is -2.17. The number of rotatable bonds is 6. The van der Waals surface area contributed by atoms with Crippen molar-refractivity contribution < 1.29 is 4.74 Å². The molecule has 0 saturated heterocycles. The van der Waals surface area contributed by atoms with Gasteiger partial charge >= 0.3 is 0 Å². The maximum absolute atomic E-state index is 5.12. The molecule has 5 heteroatoms. The van der Waals surface area contributed by atoms with Gasteiger partial charge in [0.1, 0.15) is 5.01 Å². The number of halogens is 1. The molecule has 1 N–H and O–H groups in total. The highest BCUT2D eigenvalue weighted by molar-refractivity contribution is 9.10. The molecular formula is C15H19BrN2OS. The SMILES string of the molecule is COCCNC(c1ccc(C)c(Br)c1)c1nc(C)cs1. The van der Waals surface area contributed by atoms with Crippen LogP contribution in [0.5, 0.6) is 0 Å². The average molecular weight is 355 g/mol. The van der Waals surface area contributed by atoms with Crippen LogP contribution < -0.4 is 5.32 Å². The number of ether oxygens (including phenoxy) is 1. The van der Waals surface area contributed by atoms with Crippen LogP contribution in [-0.4, -0.2) is 25.2 Å². The molecule has 0 fully saturated rings. The summed E-state index contributed by atoms with van der Waals surface area (Å²) >= 11 is 5.30. The fraction of sp³-hybridized carbons (Fsp3) is 0.400. The van der Waals surface area contributed by atoms with Gasteiger partial charge < -0.3 is 10.1 Å². The number of benzene rings is 1. The molecule has 1 aromatic heterocycles. The number of hydrogen-bond acceptors (Lipinski definition) is 4. The summed E-state index contributed by atoms with van der Waals surface area (Å²) in [6.45, 7) is 5.60. The lowest BCUT2D eigenvalue weighted by atomic mass is 10.1. The molecule has 108 valence electrons. The Hall–Kier alpha value is -0.750. The first kappa shape index (κ1) is 15.6. The summed E-state index contributed by atoms with van der Waals surface area (Å²) in [5.41, 5.74) is 3.52. The molecule has 0 saturated carbocycles. The number of thiazole rings is 1. The second kappa shape index (κ2) is 7.31. The molecule has 0 bridgehead atoms. The van der Waals surface area contributed by atoms with Crippen molar-refractivity contribution in [2.24, 2.45) is 0 Å². The minimum atomic E-state index is 0.112. The molecule has 0 amide bonds. The largest absolute Gasteiger partial charge is 0.383 e. The van der Waals surface area contributed by atoms with Gasteiger partial charge in [0.25, 0.3) is 0 Å². The number of aryl methyl sites for hydroxylation is 2. The summed E-state index contributed by atoms with van der Waals surface area (Å²) in [6.07, 6.45) is 0. The Labute approximate surface area is 132 Å². The van der Waals surface area contributed by atoms with Gasteiger partial charge in [-0.25, -0.2) is 4.98 Å². The van der Waals surface area contributed by atoms with Crippen molar-refractivity contribution in [2.45, 2.75) is 19.9 Å². The first-order chi connectivity index (χ1) is 9.61. The molecule has 0 aliphatic heterocycles. The van der Waals surface area contributed by atoms with Crippen LogP contribution in [0.2, 0.25) is 0 Å². The van der Waals surface area contributed by atoms with Crippen LogP contribution in [0.15, 0.2) is 28.1 Å². The van der Waals surface area contributed by atoms with Crippen LogP contribution in [-0.2, 0) is 4.74 Å². The standard InChI is InChI=1S/C15H19BrN2OS/c1-10-4-5-12(8-13(10)16)14(17-6-7-19-3)15-18-11(2)9-20-15/h4-5,8-9,14,17H,6-7H2,1-3H3. The van der Waals surface area contributed by atoms with Crippen molar-refractivity contribution in [1.29, 1.82) is 0 Å². The Morgan fingerprint density at radius 2 is 2.20 bits per heavy atom. The minimum Gasteiger partial charge on any atom is -0.383 e. The van der Waals surface area contributed by atoms with E-state index in [1.807, 2.05) is 6.92 Å². The lowest BCUT2D eigenvalue weighted by molar-refractivity contribution is 0.197. The smallest absolute Gasteiger partial charge is 0.114 e. The molecular weight excluding hydrogens is 336 g/mol. The van der Waals surface area contributed by atoms with Crippen molar-refractivity contribution in [2.75, 3.05) is 20.3 Å². The summed E-state index contributed by atoms with van der Waals surface area (Å²) in [4.78, 5) is 4.62. The molecule has 0 aliphatic carbocycles. The van der Waals surface area contributed by atoms with E-state index in [9.17, 15) is 0 Å². The quantitative estimate of drug-likeness (QED) is 0.800. The summed E-state index contributed by atoms with van der Waals surface area (Å²) in [5, 5.41) is 6.69. The van der Waals surface area contributed by atoms with E-state index in [0.717, 1.165) is 21.7 Å². The van der Waals surface area contributed by atoms with E-state index in [2.05, 4.69) is 56.7 Å². The zero-order valence-electron chi connectivity index (χ0n) is 11.9. The summed E-state index contributed by atoms with van der Waals surface area (Å²) in [7, 11) is 1.71. The zero-order chi connectivity index (χ0) is 14.5. The molecule has 2 aromatic rings. The summed E-state index contributed by atoms with van der Waals surface area (Å²) in [5.74, 6) is 0. The van der Waals surface area contributed by atoms with E-state index in [1.54, 1.807) is 18.4 Å². The Bertz CT molecular complexity index is 571. The summed E-state index contributed by atoms with van der Waals surface area (Å²) in [6, 6.07) is 6.56. The van der Waals surface area contributed by atoms with Gasteiger partial charge in [-0.2, -0.15) is 0 Å². The van der Waals surface area contributed by atoms with Crippen molar-refractivity contribution in [1.82, 2.24) is 10.3 Å². The van der Waals surface area contributed by atoms with E-state index in [0.29, 0.717) is 6.61 Å². The van der Waals surface area contributed by atoms with E-state index in [4.69, 9.17) is 4.74 Å². The first-order valence-corrected chi connectivity index (χ1v) is 8.19. The summed E-state index contributed by atoms with van der Waals surface area (Å²) < 4.78 is 6.25. The van der Waals surface area contributed by atoms with E-state index in [1.165, 1.54) is 11.1 Å². The first-order valence-electron chi connectivity index (χ1n) is 6.52. The topological polar surface area (TPSA) is 34.1 Å². The maximum Gasteiger partial charge on any atom is 0.114 e. The van der Waals surface area contributed by atoms with Gasteiger partial charge in [0.05, 0.1) is 12.6 Å². The Balaban J connectivity index is 2.27. The number of hydrogen-bond donors (Lipinski definition) is 1. The lowest BCUT2D eigenvalue weighted by Crippen LogP contribution is -2.26. The second-order valence-electron chi connectivity index (χ2n) is 4.72. The van der Waals surface area contributed by atoms with Crippen LogP contribution >= 0.6 is 27.3 Å². The van der Waals surface area contributed by atoms with Crippen LogP contribution in [0.3, 0.4) is 0 Å². The maximum atomic E-state index is 5.12. The van der Waals surface area contributed by atoms with Crippen molar-refractivity contribution in [3.63, 3.8) is 0 Å². The third kappa shape index (κ3) is 3.88. The molecule has 20 heavy (non-hydrogen) atoms. The third-order valence-electron chi connectivity index (χ3n) is 3.07. The molecule has 1 aromatic carbocycles. The Morgan fingerprint density at radius 3 is 2.80 bits per heavy atom. The second-order valence-corrected chi connectivity index (χ2v) is 6.46. The molecule has 1 atom stereocenters. The van der Waals surface area contributed by atoms with Crippen molar-refractivity contribution in [3.05, 3.63) is 49.9 Å². The average Bonchev–Trinajstić information content (AvgIpc) is 2.85. The van der Waals surface area contributed by atoms with Gasteiger partial charge in [0.2, 0.25) is 0 Å². The monoisotopic (exact) mass is 354 g/mol. The zero-order valence-corrected chi connectivity index (χ0v) is 14.3. The minimum absolute atomic E-state index is 0.112. The number of nitrogens with zero attached hydrogens (tertiary/aromatic N) is 1. The van der Waals surface area contributed by atoms with Crippen LogP contribution in [0.4, 0.5) is 0 Å². The van der Waals surface area contributed by atoms with Gasteiger partial charge in [-0.1, -0.05) is 28.1 Å². The van der Waals surface area contributed by atoms with Gasteiger partial charge in [-0.3, -0.25) is 0 Å². The van der Waals surface area contributed by atoms with E-state index < -0.39 is 0 Å². The van der Waals surface area contributed by atoms with Gasteiger partial charge in [0.15, 0.2) is 0 Å². The molecule has 0 aliphatic rings. The van der Waals surface area contributed by atoms with Crippen molar-refractivity contribution in [3.8, 4) is 0 Å². The predicted octanol–water partition coefficient (Wildman–Crippen LogP) is 3.85. The van der Waals surface area contributed by atoms with Crippen LogP contribution in [0.1, 0.15) is 27.9 Å². The number of aromatic nitrogens is 1. The Kier molecular flexibility index (Phi) is 5.72. The molecule has 0 radical (unpaired) electrons. The molecule has 1 heterocycles. The van der Waals surface area contributed by atoms with E-state index in [-0.39, 0.29) is 6.04 Å². The molecule has 0 spiro atoms. The van der Waals surface area contributed by atoms with Gasteiger partial charge in [-0.15, -0.1) is 11.3 Å². The molecule has 2 rings (SSSR count). The highest BCUT2D eigenvalue weighted by atomic mass is 79.9. The normalized spacial score (nSPS) is 12.6. The number of nitrogens with one attached hydrogen (secondary N) is 1. The highest BCUT2D eigenvalue weighted by Crippen LogP contribution is 2.28. The Morgan fingerprint density at radius 1 is 1.40 bits per heavy atom.